The van der Waals surface area contributed by atoms with Gasteiger partial charge in [-0.15, -0.1) is 0 Å². The lowest BCUT2D eigenvalue weighted by Gasteiger charge is -2.40. The van der Waals surface area contributed by atoms with Crippen molar-refractivity contribution in [3.05, 3.63) is 12.2 Å². The number of carbonyl (C=O) groups is 1. The Morgan fingerprint density at radius 3 is 1.55 bits per heavy atom. The van der Waals surface area contributed by atoms with Gasteiger partial charge in [-0.25, -0.2) is 0 Å². The summed E-state index contributed by atoms with van der Waals surface area (Å²) >= 11 is 0. The van der Waals surface area contributed by atoms with Crippen molar-refractivity contribution in [2.75, 3.05) is 13.2 Å². The maximum atomic E-state index is 13.0. The van der Waals surface area contributed by atoms with E-state index in [2.05, 4.69) is 31.3 Å². The van der Waals surface area contributed by atoms with Crippen LogP contribution >= 0.6 is 0 Å². The number of amides is 1. The van der Waals surface area contributed by atoms with Crippen LogP contribution in [-0.4, -0.2) is 110 Å². The van der Waals surface area contributed by atoms with E-state index in [0.29, 0.717) is 12.8 Å². The Morgan fingerprint density at radius 2 is 1.05 bits per heavy atom. The minimum Gasteiger partial charge on any atom is -0.394 e. The zero-order valence-corrected chi connectivity index (χ0v) is 34.9. The summed E-state index contributed by atoms with van der Waals surface area (Å²) in [6.45, 7) is 3.41. The van der Waals surface area contributed by atoms with Gasteiger partial charge in [-0.3, -0.25) is 4.79 Å². The molecule has 0 aromatic rings. The Balaban J connectivity index is 2.49. The molecule has 1 aliphatic rings. The summed E-state index contributed by atoms with van der Waals surface area (Å²) in [5.74, 6) is -0.704. The van der Waals surface area contributed by atoms with E-state index in [1.807, 2.05) is 0 Å². The van der Waals surface area contributed by atoms with E-state index in [4.69, 9.17) is 9.47 Å². The second kappa shape index (κ2) is 34.9. The van der Waals surface area contributed by atoms with E-state index in [-0.39, 0.29) is 12.8 Å². The number of unbranched alkanes of at least 4 members (excludes halogenated alkanes) is 23. The summed E-state index contributed by atoms with van der Waals surface area (Å²) in [5.41, 5.74) is 0. The van der Waals surface area contributed by atoms with Gasteiger partial charge in [0, 0.05) is 0 Å². The SMILES string of the molecule is CCCCCCCCCCCCC=CCCCCC(O)C(O)C(COC1OC(CO)C(O)C(O)C1O)NC(=O)C(O)CCCCCCCCCCCCCC. The van der Waals surface area contributed by atoms with E-state index in [1.165, 1.54) is 116 Å². The normalized spacial score (nSPS) is 22.5. The number of hydrogen-bond donors (Lipinski definition) is 8. The van der Waals surface area contributed by atoms with Crippen LogP contribution in [-0.2, 0) is 14.3 Å². The molecule has 1 amide bonds. The van der Waals surface area contributed by atoms with E-state index >= 15 is 0 Å². The quantitative estimate of drug-likeness (QED) is 0.0243. The first-order valence-electron chi connectivity index (χ1n) is 22.6. The Labute approximate surface area is 334 Å². The van der Waals surface area contributed by atoms with Crippen molar-refractivity contribution in [2.24, 2.45) is 0 Å². The molecule has 326 valence electrons. The van der Waals surface area contributed by atoms with Crippen molar-refractivity contribution in [1.29, 1.82) is 0 Å². The average Bonchev–Trinajstić information content (AvgIpc) is 3.18. The molecule has 9 atom stereocenters. The highest BCUT2D eigenvalue weighted by molar-refractivity contribution is 5.80. The Bertz CT molecular complexity index is 908. The van der Waals surface area contributed by atoms with Gasteiger partial charge in [-0.1, -0.05) is 167 Å². The topological polar surface area (TPSA) is 189 Å². The Hall–Kier alpha value is -1.15. The molecule has 0 radical (unpaired) electrons. The minimum atomic E-state index is -1.66. The number of rotatable bonds is 37. The highest BCUT2D eigenvalue weighted by atomic mass is 16.7. The fraction of sp³-hybridized carbons (Fsp3) is 0.932. The van der Waals surface area contributed by atoms with Crippen molar-refractivity contribution < 1.29 is 50.0 Å². The molecule has 1 heterocycles. The third-order valence-corrected chi connectivity index (χ3v) is 11.1. The molecule has 9 unspecified atom stereocenters. The van der Waals surface area contributed by atoms with Crippen LogP contribution in [0.1, 0.15) is 194 Å². The summed E-state index contributed by atoms with van der Waals surface area (Å²) in [6.07, 6.45) is 24.0. The zero-order valence-electron chi connectivity index (χ0n) is 34.9. The van der Waals surface area contributed by atoms with E-state index < -0.39 is 74.2 Å². The molecular formula is C44H85NO10. The van der Waals surface area contributed by atoms with Gasteiger partial charge in [-0.05, 0) is 38.5 Å². The molecule has 0 bridgehead atoms. The van der Waals surface area contributed by atoms with E-state index in [9.17, 15) is 40.5 Å². The smallest absolute Gasteiger partial charge is 0.249 e. The standard InChI is InChI=1S/C44H85NO10/c1-3-5-7-9-11-13-15-17-18-19-20-22-23-25-27-29-31-36(47)39(49)35(34-54-44-42(52)41(51)40(50)38(33-46)55-44)45-43(53)37(48)32-30-28-26-24-21-16-14-12-10-8-6-4-2/h22-23,35-42,44,46-52H,3-21,24-34H2,1-2H3,(H,45,53). The summed E-state index contributed by atoms with van der Waals surface area (Å²) in [4.78, 5) is 13.0. The molecule has 1 saturated heterocycles. The molecule has 0 saturated carbocycles. The lowest BCUT2D eigenvalue weighted by atomic mass is 9.98. The third kappa shape index (κ3) is 25.1. The van der Waals surface area contributed by atoms with Crippen molar-refractivity contribution in [3.8, 4) is 0 Å². The molecule has 1 fully saturated rings. The molecule has 0 aromatic carbocycles. The van der Waals surface area contributed by atoms with Crippen LogP contribution < -0.4 is 5.32 Å². The molecule has 1 aliphatic heterocycles. The second-order valence-electron chi connectivity index (χ2n) is 16.1. The monoisotopic (exact) mass is 788 g/mol. The van der Waals surface area contributed by atoms with Crippen LogP contribution in [0.5, 0.6) is 0 Å². The largest absolute Gasteiger partial charge is 0.394 e. The highest BCUT2D eigenvalue weighted by Gasteiger charge is 2.44. The zero-order chi connectivity index (χ0) is 40.5. The number of allylic oxidation sites excluding steroid dienone is 2. The predicted molar refractivity (Wildman–Crippen MR) is 219 cm³/mol. The van der Waals surface area contributed by atoms with Gasteiger partial charge < -0.3 is 50.5 Å². The Kier molecular flexibility index (Phi) is 32.9. The first kappa shape index (κ1) is 51.9. The summed E-state index contributed by atoms with van der Waals surface area (Å²) in [5, 5.41) is 75.5. The number of carbonyl (C=O) groups excluding carboxylic acids is 1. The molecular weight excluding hydrogens is 702 g/mol. The van der Waals surface area contributed by atoms with Gasteiger partial charge in [0.2, 0.25) is 5.91 Å². The maximum absolute atomic E-state index is 13.0. The fourth-order valence-electron chi connectivity index (χ4n) is 7.26. The summed E-state index contributed by atoms with van der Waals surface area (Å²) in [7, 11) is 0. The third-order valence-electron chi connectivity index (χ3n) is 11.1. The lowest BCUT2D eigenvalue weighted by molar-refractivity contribution is -0.303. The number of nitrogens with one attached hydrogen (secondary N) is 1. The van der Waals surface area contributed by atoms with Crippen LogP contribution in [0.4, 0.5) is 0 Å². The van der Waals surface area contributed by atoms with E-state index in [1.54, 1.807) is 0 Å². The number of aliphatic hydroxyl groups excluding tert-OH is 7. The van der Waals surface area contributed by atoms with Gasteiger partial charge in [0.15, 0.2) is 6.29 Å². The Morgan fingerprint density at radius 1 is 0.618 bits per heavy atom. The van der Waals surface area contributed by atoms with Gasteiger partial charge in [0.1, 0.15) is 36.6 Å². The molecule has 8 N–H and O–H groups in total. The van der Waals surface area contributed by atoms with Crippen molar-refractivity contribution >= 4 is 5.91 Å². The van der Waals surface area contributed by atoms with Crippen LogP contribution in [0.2, 0.25) is 0 Å². The summed E-state index contributed by atoms with van der Waals surface area (Å²) in [6, 6.07) is -1.17. The molecule has 0 aromatic heterocycles. The van der Waals surface area contributed by atoms with Gasteiger partial charge >= 0.3 is 0 Å². The van der Waals surface area contributed by atoms with Crippen LogP contribution in [0.25, 0.3) is 0 Å². The fourth-order valence-corrected chi connectivity index (χ4v) is 7.26. The van der Waals surface area contributed by atoms with Crippen LogP contribution in [0, 0.1) is 0 Å². The van der Waals surface area contributed by atoms with Crippen LogP contribution in [0.15, 0.2) is 12.2 Å². The number of ether oxygens (including phenoxy) is 2. The summed E-state index contributed by atoms with van der Waals surface area (Å²) < 4.78 is 11.1. The average molecular weight is 788 g/mol. The second-order valence-corrected chi connectivity index (χ2v) is 16.1. The minimum absolute atomic E-state index is 0.259. The van der Waals surface area contributed by atoms with Crippen molar-refractivity contribution in [2.45, 2.75) is 249 Å². The molecule has 0 spiro atoms. The lowest BCUT2D eigenvalue weighted by Crippen LogP contribution is -2.60. The van der Waals surface area contributed by atoms with Crippen molar-refractivity contribution in [3.63, 3.8) is 0 Å². The molecule has 55 heavy (non-hydrogen) atoms. The number of hydrogen-bond acceptors (Lipinski definition) is 10. The van der Waals surface area contributed by atoms with E-state index in [0.717, 1.165) is 38.5 Å². The van der Waals surface area contributed by atoms with Crippen molar-refractivity contribution in [1.82, 2.24) is 5.32 Å². The first-order chi connectivity index (χ1) is 26.7. The first-order valence-corrected chi connectivity index (χ1v) is 22.6. The highest BCUT2D eigenvalue weighted by Crippen LogP contribution is 2.23. The molecule has 11 nitrogen and oxygen atoms in total. The maximum Gasteiger partial charge on any atom is 0.249 e. The predicted octanol–water partition coefficient (Wildman–Crippen LogP) is 6.89. The van der Waals surface area contributed by atoms with Gasteiger partial charge in [0.25, 0.3) is 0 Å². The number of aliphatic hydroxyl groups is 7. The molecule has 0 aliphatic carbocycles. The van der Waals surface area contributed by atoms with Crippen LogP contribution in [0.3, 0.4) is 0 Å². The van der Waals surface area contributed by atoms with Gasteiger partial charge in [0.05, 0.1) is 25.4 Å². The molecule has 11 heteroatoms. The van der Waals surface area contributed by atoms with Gasteiger partial charge in [-0.2, -0.15) is 0 Å². The molecule has 1 rings (SSSR count).